The zero-order valence-corrected chi connectivity index (χ0v) is 42.5. The van der Waals surface area contributed by atoms with Gasteiger partial charge in [0.2, 0.25) is 17.8 Å². The lowest BCUT2D eigenvalue weighted by Crippen LogP contribution is -2.54. The van der Waals surface area contributed by atoms with E-state index in [1.807, 2.05) is 37.6 Å². The van der Waals surface area contributed by atoms with Crippen LogP contribution in [0.2, 0.25) is 0 Å². The maximum Gasteiger partial charge on any atom is 0.268 e. The van der Waals surface area contributed by atoms with Crippen molar-refractivity contribution in [1.82, 2.24) is 34.9 Å². The number of aromatic nitrogens is 4. The van der Waals surface area contributed by atoms with Gasteiger partial charge in [-0.15, -0.1) is 0 Å². The van der Waals surface area contributed by atoms with E-state index in [0.29, 0.717) is 60.4 Å². The number of aryl methyl sites for hydroxylation is 1. The molecular weight excluding hydrogens is 1010 g/mol. The number of halogens is 4. The Bertz CT molecular complexity index is 3150. The molecule has 10 rings (SSSR count). The number of hydrogen-bond acceptors (Lipinski definition) is 13. The van der Waals surface area contributed by atoms with Crippen LogP contribution in [0.25, 0.3) is 21.9 Å². The molecule has 4 aliphatic heterocycles. The van der Waals surface area contributed by atoms with E-state index >= 15 is 13.2 Å². The number of piperidine rings is 2. The average Bonchev–Trinajstić information content (AvgIpc) is 3.89. The molecule has 0 aliphatic carbocycles. The fraction of sp³-hybridized carbons (Fsp3) is 0.353. The number of hydrogen-bond donors (Lipinski definition) is 3. The summed E-state index contributed by atoms with van der Waals surface area (Å²) in [6.45, 7) is 6.77. The predicted molar refractivity (Wildman–Crippen MR) is 275 cm³/mol. The number of rotatable bonds is 13. The number of nitrogens with zero attached hydrogens (tertiary/aromatic N) is 8. The smallest absolute Gasteiger partial charge is 0.268 e. The molecule has 2 atom stereocenters. The van der Waals surface area contributed by atoms with E-state index in [-0.39, 0.29) is 49.0 Å². The number of imide groups is 2. The van der Waals surface area contributed by atoms with Crippen LogP contribution in [-0.2, 0) is 16.6 Å². The number of nitrogens with one attached hydrogen (secondary N) is 3. The van der Waals surface area contributed by atoms with Gasteiger partial charge in [-0.05, 0) is 90.1 Å². The van der Waals surface area contributed by atoms with Crippen LogP contribution in [0.5, 0.6) is 5.75 Å². The number of fused-ring (bicyclic) bond motifs is 2. The molecule has 6 heterocycles. The van der Waals surface area contributed by atoms with Crippen LogP contribution in [0, 0.1) is 11.7 Å². The number of carbonyl (C=O) groups excluding carboxylic acids is 4. The van der Waals surface area contributed by atoms with Gasteiger partial charge in [0.1, 0.15) is 23.4 Å². The Labute approximate surface area is 423 Å². The summed E-state index contributed by atoms with van der Waals surface area (Å²) in [5.41, 5.74) is 3.73. The predicted octanol–water partition coefficient (Wildman–Crippen LogP) is 7.87. The lowest BCUT2D eigenvalue weighted by atomic mass is 9.89. The van der Waals surface area contributed by atoms with E-state index in [4.69, 9.17) is 9.72 Å². The number of anilines is 6. The minimum Gasteiger partial charge on any atom is -0.494 e. The highest BCUT2D eigenvalue weighted by Crippen LogP contribution is 2.43. The fourth-order valence-corrected chi connectivity index (χ4v) is 11.9. The minimum absolute atomic E-state index is 0.0615. The van der Waals surface area contributed by atoms with Crippen LogP contribution < -0.4 is 35.8 Å². The Morgan fingerprint density at radius 1 is 0.875 bits per heavy atom. The molecule has 0 spiro atoms. The highest BCUT2D eigenvalue weighted by atomic mass is 79.9. The van der Waals surface area contributed by atoms with Crippen LogP contribution in [0.3, 0.4) is 0 Å². The third-order valence-corrected chi connectivity index (χ3v) is 16.0. The first-order valence-corrected chi connectivity index (χ1v) is 26.7. The molecule has 2 aromatic heterocycles. The van der Waals surface area contributed by atoms with Crippen molar-refractivity contribution < 1.29 is 37.1 Å². The Kier molecular flexibility index (Phi) is 13.4. The standard InChI is InChI=1S/C51H52BrF3N11O5P/c1-62-27-30(25-57-62)33-22-39(59-50-56-26-36(52)46(61-50)58-38-10-9-29-7-5-6-8-32(29)45(38)72(3)4)43(71-2)24-41(33)64-19-17-63(18-20-64)15-13-31-14-16-65(28-51(31,54)55)42-23-35-34(21-37(42)53)48(69)66(49(35)70)40-11-12-44(67)60-47(40)68/h5-10,21-27,31,40H,11-20,28H2,1-4H3,(H,60,67,68)(H2,56,58,59,61). The number of carbonyl (C=O) groups is 4. The third kappa shape index (κ3) is 9.47. The van der Waals surface area contributed by atoms with Crippen molar-refractivity contribution in [3.8, 4) is 16.9 Å². The summed E-state index contributed by atoms with van der Waals surface area (Å²) >= 11 is 3.65. The second-order valence-corrected chi connectivity index (χ2v) is 21.9. The largest absolute Gasteiger partial charge is 0.494 e. The summed E-state index contributed by atoms with van der Waals surface area (Å²) in [6.07, 6.45) is 5.65. The number of alkyl halides is 2. The molecule has 16 nitrogen and oxygen atoms in total. The van der Waals surface area contributed by atoms with Crippen LogP contribution in [0.15, 0.2) is 83.7 Å². The van der Waals surface area contributed by atoms with Gasteiger partial charge in [0, 0.05) is 98.4 Å². The highest BCUT2D eigenvalue weighted by Gasteiger charge is 2.48. The van der Waals surface area contributed by atoms with Gasteiger partial charge in [0.15, 0.2) is 0 Å². The summed E-state index contributed by atoms with van der Waals surface area (Å²) in [5, 5.41) is 17.2. The molecule has 0 radical (unpaired) electrons. The van der Waals surface area contributed by atoms with Crippen molar-refractivity contribution in [3.05, 3.63) is 101 Å². The fourth-order valence-electron chi connectivity index (χ4n) is 10.3. The summed E-state index contributed by atoms with van der Waals surface area (Å²) in [5.74, 6) is -6.54. The first kappa shape index (κ1) is 49.0. The lowest BCUT2D eigenvalue weighted by molar-refractivity contribution is -0.136. The van der Waals surface area contributed by atoms with Crippen molar-refractivity contribution in [2.24, 2.45) is 13.0 Å². The van der Waals surface area contributed by atoms with Gasteiger partial charge in [0.05, 0.1) is 46.8 Å². The van der Waals surface area contributed by atoms with Crippen LogP contribution in [-0.4, -0.2) is 131 Å². The van der Waals surface area contributed by atoms with Crippen LogP contribution in [0.4, 0.5) is 47.7 Å². The van der Waals surface area contributed by atoms with E-state index in [0.717, 1.165) is 39.5 Å². The molecule has 3 N–H and O–H groups in total. The molecule has 3 saturated heterocycles. The van der Waals surface area contributed by atoms with Gasteiger partial charge in [-0.1, -0.05) is 38.3 Å². The topological polar surface area (TPSA) is 170 Å². The molecule has 4 amide bonds. The number of methoxy groups -OCH3 is 1. The van der Waals surface area contributed by atoms with Crippen molar-refractivity contribution in [3.63, 3.8) is 0 Å². The number of piperazine rings is 1. The molecule has 6 aromatic rings. The summed E-state index contributed by atoms with van der Waals surface area (Å²) in [6, 6.07) is 17.4. The molecule has 2 unspecified atom stereocenters. The number of amides is 4. The SMILES string of the molecule is COc1cc(N2CCN(CCC3CCN(c4cc5c(cc4F)C(=O)N(C4CCC(=O)NC4=O)C5=O)CC3(F)F)CC2)c(-c2cnn(C)c2)cc1Nc1ncc(Br)c(Nc2ccc3ccccc3c2P(C)C)n1. The maximum absolute atomic E-state index is 16.0. The Hall–Kier alpha value is -6.63. The zero-order valence-electron chi connectivity index (χ0n) is 40.0. The molecule has 3 fully saturated rings. The van der Waals surface area contributed by atoms with Gasteiger partial charge < -0.3 is 25.2 Å². The van der Waals surface area contributed by atoms with Gasteiger partial charge in [-0.3, -0.25) is 39.0 Å². The molecule has 72 heavy (non-hydrogen) atoms. The van der Waals surface area contributed by atoms with E-state index in [1.54, 1.807) is 18.0 Å². The van der Waals surface area contributed by atoms with Crippen LogP contribution >= 0.6 is 23.9 Å². The monoisotopic (exact) mass is 1070 g/mol. The summed E-state index contributed by atoms with van der Waals surface area (Å²) in [4.78, 5) is 66.7. The molecule has 4 aliphatic rings. The van der Waals surface area contributed by atoms with E-state index < -0.39 is 61.8 Å². The van der Waals surface area contributed by atoms with E-state index in [2.05, 4.69) is 95.4 Å². The first-order valence-electron chi connectivity index (χ1n) is 23.7. The summed E-state index contributed by atoms with van der Waals surface area (Å²) in [7, 11) is 3.00. The molecule has 21 heteroatoms. The van der Waals surface area contributed by atoms with Gasteiger partial charge in [0.25, 0.3) is 17.7 Å². The number of ether oxygens (including phenoxy) is 1. The minimum atomic E-state index is -3.18. The van der Waals surface area contributed by atoms with Crippen molar-refractivity contribution in [2.75, 3.05) is 86.7 Å². The van der Waals surface area contributed by atoms with Gasteiger partial charge in [-0.2, -0.15) is 10.1 Å². The molecule has 4 aromatic carbocycles. The lowest BCUT2D eigenvalue weighted by Gasteiger charge is -2.41. The normalized spacial score (nSPS) is 19.3. The zero-order chi connectivity index (χ0) is 50.6. The Balaban J connectivity index is 0.798. The maximum atomic E-state index is 16.0. The molecular formula is C51H52BrF3N11O5P. The van der Waals surface area contributed by atoms with Crippen molar-refractivity contribution >= 4 is 98.1 Å². The van der Waals surface area contributed by atoms with E-state index in [9.17, 15) is 19.2 Å². The van der Waals surface area contributed by atoms with Crippen molar-refractivity contribution in [1.29, 1.82) is 0 Å². The summed E-state index contributed by atoms with van der Waals surface area (Å²) < 4.78 is 56.0. The number of benzene rings is 4. The Morgan fingerprint density at radius 2 is 1.64 bits per heavy atom. The van der Waals surface area contributed by atoms with Gasteiger partial charge >= 0.3 is 0 Å². The first-order chi connectivity index (χ1) is 34.6. The highest BCUT2D eigenvalue weighted by molar-refractivity contribution is 9.10. The van der Waals surface area contributed by atoms with Crippen molar-refractivity contribution in [2.45, 2.75) is 37.6 Å². The average molecular weight is 1070 g/mol. The molecule has 374 valence electrons. The van der Waals surface area contributed by atoms with Gasteiger partial charge in [-0.25, -0.2) is 18.2 Å². The van der Waals surface area contributed by atoms with Crippen LogP contribution in [0.1, 0.15) is 46.4 Å². The quantitative estimate of drug-likeness (QED) is 0.0756. The Morgan fingerprint density at radius 3 is 2.35 bits per heavy atom. The third-order valence-electron chi connectivity index (χ3n) is 14.0. The second-order valence-electron chi connectivity index (χ2n) is 18.8. The molecule has 0 saturated carbocycles. The second kappa shape index (κ2) is 19.8. The van der Waals surface area contributed by atoms with E-state index in [1.165, 1.54) is 21.0 Å². The molecule has 0 bridgehead atoms.